The van der Waals surface area contributed by atoms with Gasteiger partial charge in [0, 0.05) is 0 Å². The molecule has 0 spiro atoms. The number of pyridine rings is 2. The maximum atomic E-state index is 11.3. The molecule has 4 nitrogen and oxygen atoms in total. The molecule has 0 aliphatic heterocycles. The van der Waals surface area contributed by atoms with Crippen LogP contribution in [-0.4, -0.2) is 9.97 Å². The van der Waals surface area contributed by atoms with Gasteiger partial charge in [-0.3, -0.25) is 4.79 Å². The summed E-state index contributed by atoms with van der Waals surface area (Å²) in [5, 5.41) is 8.99. The van der Waals surface area contributed by atoms with Crippen LogP contribution in [0.25, 0.3) is 11.0 Å². The van der Waals surface area contributed by atoms with Gasteiger partial charge in [0.2, 0.25) is 0 Å². The normalized spacial score (nSPS) is 10.2. The molecule has 0 fully saturated rings. The van der Waals surface area contributed by atoms with E-state index in [2.05, 4.69) is 9.97 Å². The molecule has 2 rings (SSSR count). The quantitative estimate of drug-likeness (QED) is 0.716. The Morgan fingerprint density at radius 3 is 2.80 bits per heavy atom. The minimum Gasteiger partial charge on any atom is -0.319 e. The van der Waals surface area contributed by atoms with E-state index in [0.717, 1.165) is 0 Å². The lowest BCUT2D eigenvalue weighted by Crippen LogP contribution is -2.11. The van der Waals surface area contributed by atoms with Crippen molar-refractivity contribution in [3.8, 4) is 6.07 Å². The first-order valence-corrected chi connectivity index (χ1v) is 4.67. The van der Waals surface area contributed by atoms with Gasteiger partial charge in [0.05, 0.1) is 10.5 Å². The molecule has 0 unspecified atom stereocenters. The number of aromatic nitrogens is 2. The zero-order valence-electron chi connectivity index (χ0n) is 7.21. The molecule has 0 radical (unpaired) electrons. The van der Waals surface area contributed by atoms with E-state index < -0.39 is 5.56 Å². The third-order valence-electron chi connectivity index (χ3n) is 1.88. The first-order valence-electron chi connectivity index (χ1n) is 3.91. The highest BCUT2D eigenvalue weighted by Crippen LogP contribution is 2.22. The number of nitrogens with one attached hydrogen (secondary N) is 1. The van der Waals surface area contributed by atoms with Crippen molar-refractivity contribution in [1.29, 1.82) is 5.26 Å². The van der Waals surface area contributed by atoms with Crippen LogP contribution in [0.3, 0.4) is 0 Å². The van der Waals surface area contributed by atoms with Gasteiger partial charge in [-0.1, -0.05) is 23.2 Å². The molecule has 1 N–H and O–H groups in total. The maximum absolute atomic E-state index is 11.3. The van der Waals surface area contributed by atoms with Crippen LogP contribution in [-0.2, 0) is 0 Å². The molecule has 0 aliphatic carbocycles. The van der Waals surface area contributed by atoms with E-state index in [-0.39, 0.29) is 15.7 Å². The predicted octanol–water partition coefficient (Wildman–Crippen LogP) is 2.10. The third kappa shape index (κ3) is 1.56. The molecule has 2 heterocycles. The van der Waals surface area contributed by atoms with E-state index in [0.29, 0.717) is 11.0 Å². The minimum atomic E-state index is -0.529. The second-order valence-electron chi connectivity index (χ2n) is 2.79. The van der Waals surface area contributed by atoms with E-state index in [1.165, 1.54) is 6.07 Å². The van der Waals surface area contributed by atoms with Gasteiger partial charge < -0.3 is 4.98 Å². The summed E-state index contributed by atoms with van der Waals surface area (Å²) >= 11 is 11.5. The lowest BCUT2D eigenvalue weighted by atomic mass is 10.2. The molecule has 2 aromatic heterocycles. The minimum absolute atomic E-state index is 0.0266. The van der Waals surface area contributed by atoms with Gasteiger partial charge in [-0.25, -0.2) is 4.98 Å². The van der Waals surface area contributed by atoms with Gasteiger partial charge in [-0.15, -0.1) is 0 Å². The van der Waals surface area contributed by atoms with Crippen LogP contribution in [0.5, 0.6) is 0 Å². The van der Waals surface area contributed by atoms with Gasteiger partial charge in [-0.2, -0.15) is 5.26 Å². The van der Waals surface area contributed by atoms with Crippen LogP contribution in [0.15, 0.2) is 16.9 Å². The van der Waals surface area contributed by atoms with Crippen molar-refractivity contribution in [1.82, 2.24) is 9.97 Å². The molecule has 6 heteroatoms. The molecule has 0 saturated heterocycles. The molecular weight excluding hydrogens is 237 g/mol. The van der Waals surface area contributed by atoms with Gasteiger partial charge in [-0.05, 0) is 12.1 Å². The highest BCUT2D eigenvalue weighted by molar-refractivity contribution is 6.36. The van der Waals surface area contributed by atoms with Crippen LogP contribution in [0.4, 0.5) is 0 Å². The number of hydrogen-bond donors (Lipinski definition) is 1. The zero-order chi connectivity index (χ0) is 11.0. The van der Waals surface area contributed by atoms with Crippen molar-refractivity contribution in [3.63, 3.8) is 0 Å². The second kappa shape index (κ2) is 3.54. The largest absolute Gasteiger partial charge is 0.319 e. The Morgan fingerprint density at radius 2 is 2.13 bits per heavy atom. The molecule has 0 aromatic carbocycles. The molecule has 0 saturated carbocycles. The van der Waals surface area contributed by atoms with Crippen molar-refractivity contribution < 1.29 is 0 Å². The summed E-state index contributed by atoms with van der Waals surface area (Å²) < 4.78 is 0. The summed E-state index contributed by atoms with van der Waals surface area (Å²) in [4.78, 5) is 17.8. The molecule has 0 atom stereocenters. The highest BCUT2D eigenvalue weighted by Gasteiger charge is 2.11. The fourth-order valence-corrected chi connectivity index (χ4v) is 1.63. The average molecular weight is 240 g/mol. The summed E-state index contributed by atoms with van der Waals surface area (Å²) in [5.74, 6) is 0. The lowest BCUT2D eigenvalue weighted by molar-refractivity contribution is 1.25. The Labute approximate surface area is 94.1 Å². The van der Waals surface area contributed by atoms with Gasteiger partial charge >= 0.3 is 0 Å². The Hall–Kier alpha value is -1.57. The topological polar surface area (TPSA) is 69.5 Å². The van der Waals surface area contributed by atoms with Crippen molar-refractivity contribution in [2.24, 2.45) is 0 Å². The zero-order valence-corrected chi connectivity index (χ0v) is 8.73. The Balaban J connectivity index is 3.00. The van der Waals surface area contributed by atoms with Crippen molar-refractivity contribution in [3.05, 3.63) is 38.2 Å². The standard InChI is InChI=1S/C9H3Cl2N3O/c10-6-2-1-5-8(14-6)7(11)4(3-12)9(15)13-5/h1-2H,(H,13,15). The van der Waals surface area contributed by atoms with Crippen LogP contribution < -0.4 is 5.56 Å². The number of hydrogen-bond acceptors (Lipinski definition) is 3. The number of nitrogens with zero attached hydrogens (tertiary/aromatic N) is 2. The Kier molecular flexibility index (Phi) is 2.35. The Bertz CT molecular complexity index is 642. The number of rotatable bonds is 0. The molecule has 0 aliphatic rings. The van der Waals surface area contributed by atoms with Crippen molar-refractivity contribution >= 4 is 34.2 Å². The van der Waals surface area contributed by atoms with E-state index in [1.807, 2.05) is 0 Å². The number of H-pyrrole nitrogens is 1. The van der Waals surface area contributed by atoms with Crippen molar-refractivity contribution in [2.75, 3.05) is 0 Å². The SMILES string of the molecule is N#Cc1c(Cl)c2nc(Cl)ccc2[nH]c1=O. The predicted molar refractivity (Wildman–Crippen MR) is 57.1 cm³/mol. The number of nitriles is 1. The average Bonchev–Trinajstić information content (AvgIpc) is 2.20. The highest BCUT2D eigenvalue weighted by atomic mass is 35.5. The molecule has 74 valence electrons. The summed E-state index contributed by atoms with van der Waals surface area (Å²) in [7, 11) is 0. The number of aromatic amines is 1. The van der Waals surface area contributed by atoms with Crippen LogP contribution in [0.1, 0.15) is 5.56 Å². The van der Waals surface area contributed by atoms with Crippen LogP contribution in [0, 0.1) is 11.3 Å². The van der Waals surface area contributed by atoms with E-state index >= 15 is 0 Å². The van der Waals surface area contributed by atoms with Gasteiger partial charge in [0.15, 0.2) is 0 Å². The first-order chi connectivity index (χ1) is 7.13. The lowest BCUT2D eigenvalue weighted by Gasteiger charge is -2.00. The maximum Gasteiger partial charge on any atom is 0.268 e. The number of halogens is 2. The first kappa shape index (κ1) is 9.97. The smallest absolute Gasteiger partial charge is 0.268 e. The van der Waals surface area contributed by atoms with Crippen LogP contribution >= 0.6 is 23.2 Å². The molecule has 15 heavy (non-hydrogen) atoms. The molecule has 0 bridgehead atoms. The van der Waals surface area contributed by atoms with Gasteiger partial charge in [0.1, 0.15) is 22.3 Å². The fraction of sp³-hybridized carbons (Fsp3) is 0. The summed E-state index contributed by atoms with van der Waals surface area (Å²) in [5.41, 5.74) is 0.0896. The summed E-state index contributed by atoms with van der Waals surface area (Å²) in [6.07, 6.45) is 0. The van der Waals surface area contributed by atoms with E-state index in [9.17, 15) is 4.79 Å². The summed E-state index contributed by atoms with van der Waals surface area (Å²) in [6.45, 7) is 0. The molecule has 0 amide bonds. The van der Waals surface area contributed by atoms with E-state index in [1.54, 1.807) is 12.1 Å². The second-order valence-corrected chi connectivity index (χ2v) is 3.55. The fourth-order valence-electron chi connectivity index (χ4n) is 1.21. The molecular formula is C9H3Cl2N3O. The number of fused-ring (bicyclic) bond motifs is 1. The van der Waals surface area contributed by atoms with Crippen LogP contribution in [0.2, 0.25) is 10.2 Å². The van der Waals surface area contributed by atoms with Crippen molar-refractivity contribution in [2.45, 2.75) is 0 Å². The summed E-state index contributed by atoms with van der Waals surface area (Å²) in [6, 6.07) is 4.83. The van der Waals surface area contributed by atoms with E-state index in [4.69, 9.17) is 28.5 Å². The Morgan fingerprint density at radius 1 is 1.40 bits per heavy atom. The third-order valence-corrected chi connectivity index (χ3v) is 2.45. The molecule has 2 aromatic rings. The monoisotopic (exact) mass is 239 g/mol. The van der Waals surface area contributed by atoms with Gasteiger partial charge in [0.25, 0.3) is 5.56 Å².